The van der Waals surface area contributed by atoms with Crippen molar-refractivity contribution < 1.29 is 9.53 Å². The van der Waals surface area contributed by atoms with E-state index in [0.29, 0.717) is 23.3 Å². The number of rotatable bonds is 6. The first kappa shape index (κ1) is 18.6. The predicted octanol–water partition coefficient (Wildman–Crippen LogP) is 2.70. The van der Waals surface area contributed by atoms with Crippen LogP contribution in [0.15, 0.2) is 47.4 Å². The second-order valence-corrected chi connectivity index (χ2v) is 6.32. The summed E-state index contributed by atoms with van der Waals surface area (Å²) < 4.78 is 6.83. The standard InChI is InChI=1S/C20H22N4O3/c1-4-27-19-14(8-7-11-21-19)12-22-18(25)17-15-9-5-6-10-16(15)20(26)24(23-17)13(2)3/h5-11,13H,4,12H2,1-3H3,(H,22,25). The molecule has 0 bridgehead atoms. The van der Waals surface area contributed by atoms with Crippen LogP contribution in [0.4, 0.5) is 0 Å². The Balaban J connectivity index is 1.95. The number of hydrogen-bond acceptors (Lipinski definition) is 5. The minimum Gasteiger partial charge on any atom is -0.478 e. The summed E-state index contributed by atoms with van der Waals surface area (Å²) in [4.78, 5) is 29.6. The maximum absolute atomic E-state index is 12.8. The van der Waals surface area contributed by atoms with Gasteiger partial charge in [0, 0.05) is 23.7 Å². The lowest BCUT2D eigenvalue weighted by molar-refractivity contribution is 0.0944. The van der Waals surface area contributed by atoms with Crippen LogP contribution in [0.3, 0.4) is 0 Å². The summed E-state index contributed by atoms with van der Waals surface area (Å²) in [5, 5.41) is 8.18. The highest BCUT2D eigenvalue weighted by Crippen LogP contribution is 2.17. The molecule has 7 heteroatoms. The Morgan fingerprint density at radius 3 is 2.63 bits per heavy atom. The molecule has 0 radical (unpaired) electrons. The molecule has 0 spiro atoms. The minimum atomic E-state index is -0.355. The molecule has 7 nitrogen and oxygen atoms in total. The van der Waals surface area contributed by atoms with Crippen molar-refractivity contribution in [3.05, 3.63) is 64.2 Å². The highest BCUT2D eigenvalue weighted by molar-refractivity contribution is 6.04. The number of carbonyl (C=O) groups excluding carboxylic acids is 1. The van der Waals surface area contributed by atoms with Gasteiger partial charge in [-0.1, -0.05) is 24.3 Å². The highest BCUT2D eigenvalue weighted by Gasteiger charge is 2.18. The van der Waals surface area contributed by atoms with Crippen molar-refractivity contribution in [2.24, 2.45) is 0 Å². The molecule has 0 aliphatic carbocycles. The third-order valence-corrected chi connectivity index (χ3v) is 4.10. The molecule has 1 aromatic carbocycles. The second kappa shape index (κ2) is 7.99. The zero-order valence-electron chi connectivity index (χ0n) is 15.6. The van der Waals surface area contributed by atoms with Crippen molar-refractivity contribution in [1.29, 1.82) is 0 Å². The average molecular weight is 366 g/mol. The molecule has 0 fully saturated rings. The van der Waals surface area contributed by atoms with Crippen molar-refractivity contribution >= 4 is 16.7 Å². The fraction of sp³-hybridized carbons (Fsp3) is 0.300. The zero-order valence-corrected chi connectivity index (χ0v) is 15.6. The number of nitrogens with one attached hydrogen (secondary N) is 1. The van der Waals surface area contributed by atoms with E-state index in [1.54, 1.807) is 36.5 Å². The van der Waals surface area contributed by atoms with E-state index in [9.17, 15) is 9.59 Å². The first-order valence-corrected chi connectivity index (χ1v) is 8.89. The smallest absolute Gasteiger partial charge is 0.274 e. The Bertz CT molecular complexity index is 1030. The maximum atomic E-state index is 12.8. The number of aromatic nitrogens is 3. The summed E-state index contributed by atoms with van der Waals surface area (Å²) >= 11 is 0. The van der Waals surface area contributed by atoms with E-state index in [-0.39, 0.29) is 29.7 Å². The third-order valence-electron chi connectivity index (χ3n) is 4.10. The topological polar surface area (TPSA) is 86.1 Å². The largest absolute Gasteiger partial charge is 0.478 e. The number of benzene rings is 1. The van der Waals surface area contributed by atoms with E-state index in [0.717, 1.165) is 5.56 Å². The number of amides is 1. The fourth-order valence-electron chi connectivity index (χ4n) is 2.81. The molecule has 2 heterocycles. The van der Waals surface area contributed by atoms with E-state index >= 15 is 0 Å². The Kier molecular flexibility index (Phi) is 5.49. The molecule has 1 amide bonds. The molecule has 0 saturated heterocycles. The molecule has 2 aromatic heterocycles. The van der Waals surface area contributed by atoms with Gasteiger partial charge >= 0.3 is 0 Å². The molecule has 0 unspecified atom stereocenters. The molecular weight excluding hydrogens is 344 g/mol. The maximum Gasteiger partial charge on any atom is 0.274 e. The number of carbonyl (C=O) groups is 1. The molecule has 0 saturated carbocycles. The van der Waals surface area contributed by atoms with Gasteiger partial charge in [-0.05, 0) is 32.9 Å². The van der Waals surface area contributed by atoms with Gasteiger partial charge in [0.1, 0.15) is 0 Å². The van der Waals surface area contributed by atoms with E-state index in [1.165, 1.54) is 4.68 Å². The van der Waals surface area contributed by atoms with Gasteiger partial charge in [0.15, 0.2) is 5.69 Å². The SMILES string of the molecule is CCOc1ncccc1CNC(=O)c1nn(C(C)C)c(=O)c2ccccc12. The molecule has 0 aliphatic rings. The van der Waals surface area contributed by atoms with Crippen LogP contribution in [0.25, 0.3) is 10.8 Å². The molecule has 0 aliphatic heterocycles. The van der Waals surface area contributed by atoms with E-state index < -0.39 is 0 Å². The third kappa shape index (κ3) is 3.81. The van der Waals surface area contributed by atoms with Crippen LogP contribution in [-0.4, -0.2) is 27.3 Å². The molecule has 3 rings (SSSR count). The van der Waals surface area contributed by atoms with Crippen molar-refractivity contribution in [3.63, 3.8) is 0 Å². The molecule has 140 valence electrons. The lowest BCUT2D eigenvalue weighted by atomic mass is 10.1. The zero-order chi connectivity index (χ0) is 19.4. The van der Waals surface area contributed by atoms with Gasteiger partial charge in [-0.2, -0.15) is 5.10 Å². The summed E-state index contributed by atoms with van der Waals surface area (Å²) in [7, 11) is 0. The summed E-state index contributed by atoms with van der Waals surface area (Å²) in [6, 6.07) is 10.5. The van der Waals surface area contributed by atoms with Gasteiger partial charge in [-0.3, -0.25) is 9.59 Å². The summed E-state index contributed by atoms with van der Waals surface area (Å²) in [5.74, 6) is 0.136. The van der Waals surface area contributed by atoms with E-state index in [2.05, 4.69) is 15.4 Å². The number of nitrogens with zero attached hydrogens (tertiary/aromatic N) is 3. The lowest BCUT2D eigenvalue weighted by Gasteiger charge is -2.14. The molecule has 3 aromatic rings. The minimum absolute atomic E-state index is 0.156. The second-order valence-electron chi connectivity index (χ2n) is 6.32. The van der Waals surface area contributed by atoms with E-state index in [4.69, 9.17) is 4.74 Å². The van der Waals surface area contributed by atoms with Crippen LogP contribution in [0, 0.1) is 0 Å². The van der Waals surface area contributed by atoms with E-state index in [1.807, 2.05) is 26.8 Å². The van der Waals surface area contributed by atoms with Crippen molar-refractivity contribution in [1.82, 2.24) is 20.1 Å². The molecule has 0 atom stereocenters. The normalized spacial score (nSPS) is 11.0. The van der Waals surface area contributed by atoms with Crippen LogP contribution in [-0.2, 0) is 6.54 Å². The predicted molar refractivity (Wildman–Crippen MR) is 103 cm³/mol. The van der Waals surface area contributed by atoms with Crippen LogP contribution >= 0.6 is 0 Å². The first-order valence-electron chi connectivity index (χ1n) is 8.89. The van der Waals surface area contributed by atoms with Gasteiger partial charge in [0.05, 0.1) is 18.0 Å². The molecule has 1 N–H and O–H groups in total. The van der Waals surface area contributed by atoms with Crippen molar-refractivity contribution in [3.8, 4) is 5.88 Å². The highest BCUT2D eigenvalue weighted by atomic mass is 16.5. The van der Waals surface area contributed by atoms with Gasteiger partial charge in [-0.25, -0.2) is 9.67 Å². The van der Waals surface area contributed by atoms with Crippen molar-refractivity contribution in [2.75, 3.05) is 6.61 Å². The van der Waals surface area contributed by atoms with Crippen molar-refractivity contribution in [2.45, 2.75) is 33.4 Å². The number of fused-ring (bicyclic) bond motifs is 1. The lowest BCUT2D eigenvalue weighted by Crippen LogP contribution is -2.31. The summed E-state index contributed by atoms with van der Waals surface area (Å²) in [5.41, 5.74) is 0.790. The van der Waals surface area contributed by atoms with Gasteiger partial charge < -0.3 is 10.1 Å². The number of hydrogen-bond donors (Lipinski definition) is 1. The van der Waals surface area contributed by atoms with Crippen LogP contribution in [0.1, 0.15) is 42.9 Å². The average Bonchev–Trinajstić information content (AvgIpc) is 2.67. The number of ether oxygens (including phenoxy) is 1. The van der Waals surface area contributed by atoms with Gasteiger partial charge in [-0.15, -0.1) is 0 Å². The Hall–Kier alpha value is -3.22. The Morgan fingerprint density at radius 2 is 1.93 bits per heavy atom. The van der Waals surface area contributed by atoms with Gasteiger partial charge in [0.2, 0.25) is 5.88 Å². The Morgan fingerprint density at radius 1 is 1.19 bits per heavy atom. The number of pyridine rings is 1. The quantitative estimate of drug-likeness (QED) is 0.725. The fourth-order valence-corrected chi connectivity index (χ4v) is 2.81. The monoisotopic (exact) mass is 366 g/mol. The first-order chi connectivity index (χ1) is 13.0. The summed E-state index contributed by atoms with van der Waals surface area (Å²) in [6.07, 6.45) is 1.64. The Labute approximate surface area is 157 Å². The van der Waals surface area contributed by atoms with Crippen LogP contribution in [0.5, 0.6) is 5.88 Å². The summed E-state index contributed by atoms with van der Waals surface area (Å²) in [6.45, 7) is 6.33. The van der Waals surface area contributed by atoms with Crippen LogP contribution in [0.2, 0.25) is 0 Å². The van der Waals surface area contributed by atoms with Crippen LogP contribution < -0.4 is 15.6 Å². The van der Waals surface area contributed by atoms with Gasteiger partial charge in [0.25, 0.3) is 11.5 Å². The molecular formula is C20H22N4O3. The molecule has 27 heavy (non-hydrogen) atoms.